The minimum atomic E-state index is -5.45. The molecule has 2 rings (SSSR count). The summed E-state index contributed by atoms with van der Waals surface area (Å²) in [6.07, 6.45) is -10.9. The summed E-state index contributed by atoms with van der Waals surface area (Å²) in [7, 11) is 0. The molecule has 0 fully saturated rings. The molecule has 0 bridgehead atoms. The molecule has 0 aliphatic heterocycles. The fraction of sp³-hybridized carbons (Fsp3) is 0.143. The first-order chi connectivity index (χ1) is 11.0. The van der Waals surface area contributed by atoms with Crippen molar-refractivity contribution in [1.82, 2.24) is 0 Å². The highest BCUT2D eigenvalue weighted by Gasteiger charge is 2.63. The van der Waals surface area contributed by atoms with Crippen LogP contribution in [0.15, 0.2) is 36.4 Å². The van der Waals surface area contributed by atoms with Gasteiger partial charge in [-0.25, -0.2) is 17.6 Å². The van der Waals surface area contributed by atoms with E-state index in [-0.39, 0.29) is 12.1 Å². The van der Waals surface area contributed by atoms with Gasteiger partial charge in [-0.1, -0.05) is 0 Å². The molecule has 0 aromatic heterocycles. The van der Waals surface area contributed by atoms with Crippen LogP contribution in [0.3, 0.4) is 0 Å². The predicted octanol–water partition coefficient (Wildman–Crippen LogP) is 4.89. The minimum absolute atomic E-state index is 0.129. The summed E-state index contributed by atoms with van der Waals surface area (Å²) in [5, 5.41) is 0. The fourth-order valence-electron chi connectivity index (χ4n) is 1.51. The third-order valence-electron chi connectivity index (χ3n) is 2.60. The van der Waals surface area contributed by atoms with E-state index in [1.165, 1.54) is 0 Å². The molecule has 0 spiro atoms. The molecule has 10 heteroatoms. The van der Waals surface area contributed by atoms with Crippen LogP contribution >= 0.6 is 0 Å². The first-order valence-electron chi connectivity index (χ1n) is 6.05. The molecule has 0 atom stereocenters. The number of hydrogen-bond donors (Lipinski definition) is 0. The second-order valence-electron chi connectivity index (χ2n) is 4.39. The summed E-state index contributed by atoms with van der Waals surface area (Å²) >= 11 is 0. The molecule has 0 unspecified atom stereocenters. The van der Waals surface area contributed by atoms with Gasteiger partial charge in [-0.05, 0) is 24.3 Å². The second kappa shape index (κ2) is 6.17. The van der Waals surface area contributed by atoms with Crippen LogP contribution in [0.4, 0.5) is 35.1 Å². The average Bonchev–Trinajstić information content (AvgIpc) is 2.45. The van der Waals surface area contributed by atoms with Crippen molar-refractivity contribution < 1.29 is 44.6 Å². The van der Waals surface area contributed by atoms with E-state index in [1.807, 2.05) is 0 Å². The zero-order chi connectivity index (χ0) is 18.1. The Hall–Kier alpha value is -2.52. The molecule has 0 saturated carbocycles. The van der Waals surface area contributed by atoms with Crippen LogP contribution in [-0.2, 0) is 0 Å². The summed E-state index contributed by atoms with van der Waals surface area (Å²) in [5.41, 5.74) is 0. The van der Waals surface area contributed by atoms with Gasteiger partial charge in [-0.3, -0.25) is 0 Å². The van der Waals surface area contributed by atoms with E-state index in [0.29, 0.717) is 24.3 Å². The van der Waals surface area contributed by atoms with Gasteiger partial charge in [-0.15, -0.1) is 0 Å². The Labute approximate surface area is 129 Å². The van der Waals surface area contributed by atoms with Crippen LogP contribution in [0.1, 0.15) is 0 Å². The van der Waals surface area contributed by atoms with E-state index in [1.54, 1.807) is 0 Å². The number of halogens is 8. The smallest absolute Gasteiger partial charge is 0.422 e. The number of hydrogen-bond acceptors (Lipinski definition) is 2. The predicted molar refractivity (Wildman–Crippen MR) is 63.9 cm³/mol. The Kier molecular flexibility index (Phi) is 4.59. The van der Waals surface area contributed by atoms with Crippen LogP contribution in [-0.4, -0.2) is 12.2 Å². The maximum Gasteiger partial charge on any atom is 0.507 e. The standard InChI is InChI=1S/C14H6F8O2/c15-7-1-3-11(9(17)5-7)23-13(19,20)14(21,22)24-12-4-2-8(16)6-10(12)18/h1-6H. The highest BCUT2D eigenvalue weighted by atomic mass is 19.3. The van der Waals surface area contributed by atoms with E-state index in [9.17, 15) is 35.1 Å². The molecule has 0 amide bonds. The zero-order valence-corrected chi connectivity index (χ0v) is 11.3. The van der Waals surface area contributed by atoms with Crippen LogP contribution in [0, 0.1) is 23.3 Å². The van der Waals surface area contributed by atoms with Gasteiger partial charge < -0.3 is 9.47 Å². The summed E-state index contributed by atoms with van der Waals surface area (Å²) in [6.45, 7) is 0. The molecular formula is C14H6F8O2. The molecule has 130 valence electrons. The minimum Gasteiger partial charge on any atom is -0.422 e. The molecule has 0 N–H and O–H groups in total. The number of alkyl halides is 4. The molecule has 0 saturated heterocycles. The van der Waals surface area contributed by atoms with Gasteiger partial charge in [-0.2, -0.15) is 17.6 Å². The quantitative estimate of drug-likeness (QED) is 0.709. The second-order valence-corrected chi connectivity index (χ2v) is 4.39. The number of ether oxygens (including phenoxy) is 2. The van der Waals surface area contributed by atoms with Gasteiger partial charge in [0.15, 0.2) is 23.1 Å². The van der Waals surface area contributed by atoms with Crippen LogP contribution in [0.2, 0.25) is 0 Å². The third kappa shape index (κ3) is 3.69. The SMILES string of the molecule is Fc1ccc(OC(F)(F)C(F)(F)Oc2ccc(F)cc2F)c(F)c1. The Morgan fingerprint density at radius 2 is 0.917 bits per heavy atom. The largest absolute Gasteiger partial charge is 0.507 e. The Bertz CT molecular complexity index is 684. The van der Waals surface area contributed by atoms with E-state index in [0.717, 1.165) is 0 Å². The first kappa shape index (κ1) is 17.8. The van der Waals surface area contributed by atoms with Gasteiger partial charge in [0.1, 0.15) is 11.6 Å². The zero-order valence-electron chi connectivity index (χ0n) is 11.3. The van der Waals surface area contributed by atoms with Crippen molar-refractivity contribution in [2.45, 2.75) is 12.2 Å². The molecule has 0 aliphatic rings. The topological polar surface area (TPSA) is 18.5 Å². The normalized spacial score (nSPS) is 12.2. The average molecular weight is 358 g/mol. The van der Waals surface area contributed by atoms with E-state index >= 15 is 0 Å². The van der Waals surface area contributed by atoms with Crippen molar-refractivity contribution in [1.29, 1.82) is 0 Å². The monoisotopic (exact) mass is 358 g/mol. The van der Waals surface area contributed by atoms with E-state index in [2.05, 4.69) is 9.47 Å². The lowest BCUT2D eigenvalue weighted by atomic mass is 10.3. The van der Waals surface area contributed by atoms with Crippen molar-refractivity contribution in [2.75, 3.05) is 0 Å². The lowest BCUT2D eigenvalue weighted by molar-refractivity contribution is -0.380. The third-order valence-corrected chi connectivity index (χ3v) is 2.60. The van der Waals surface area contributed by atoms with Crippen molar-refractivity contribution >= 4 is 0 Å². The molecule has 2 aromatic rings. The van der Waals surface area contributed by atoms with Gasteiger partial charge in [0.05, 0.1) is 0 Å². The summed E-state index contributed by atoms with van der Waals surface area (Å²) in [4.78, 5) is 0. The van der Waals surface area contributed by atoms with Gasteiger partial charge in [0.25, 0.3) is 0 Å². The highest BCUT2D eigenvalue weighted by Crippen LogP contribution is 2.39. The Balaban J connectivity index is 2.25. The van der Waals surface area contributed by atoms with Crippen LogP contribution < -0.4 is 9.47 Å². The van der Waals surface area contributed by atoms with Gasteiger partial charge in [0.2, 0.25) is 0 Å². The highest BCUT2D eigenvalue weighted by molar-refractivity contribution is 5.26. The summed E-state index contributed by atoms with van der Waals surface area (Å²) in [5.74, 6) is -8.41. The lowest BCUT2D eigenvalue weighted by Crippen LogP contribution is -2.49. The summed E-state index contributed by atoms with van der Waals surface area (Å²) in [6, 6.07) is 1.95. The maximum absolute atomic E-state index is 13.5. The Morgan fingerprint density at radius 1 is 0.583 bits per heavy atom. The first-order valence-corrected chi connectivity index (χ1v) is 6.05. The molecule has 0 aliphatic carbocycles. The van der Waals surface area contributed by atoms with Crippen molar-refractivity contribution in [3.05, 3.63) is 59.7 Å². The van der Waals surface area contributed by atoms with Crippen LogP contribution in [0.5, 0.6) is 11.5 Å². The maximum atomic E-state index is 13.5. The lowest BCUT2D eigenvalue weighted by Gasteiger charge is -2.26. The molecule has 2 aromatic carbocycles. The molecule has 0 heterocycles. The van der Waals surface area contributed by atoms with Crippen molar-refractivity contribution in [2.24, 2.45) is 0 Å². The van der Waals surface area contributed by atoms with Crippen LogP contribution in [0.25, 0.3) is 0 Å². The summed E-state index contributed by atoms with van der Waals surface area (Å²) < 4.78 is 113. The molecule has 24 heavy (non-hydrogen) atoms. The van der Waals surface area contributed by atoms with E-state index < -0.39 is 47.0 Å². The molecular weight excluding hydrogens is 352 g/mol. The van der Waals surface area contributed by atoms with E-state index in [4.69, 9.17) is 0 Å². The number of rotatable bonds is 5. The number of benzene rings is 2. The van der Waals surface area contributed by atoms with Gasteiger partial charge in [0, 0.05) is 12.1 Å². The van der Waals surface area contributed by atoms with Crippen molar-refractivity contribution in [3.63, 3.8) is 0 Å². The van der Waals surface area contributed by atoms with Crippen molar-refractivity contribution in [3.8, 4) is 11.5 Å². The van der Waals surface area contributed by atoms with Gasteiger partial charge >= 0.3 is 12.2 Å². The molecule has 2 nitrogen and oxygen atoms in total. The Morgan fingerprint density at radius 3 is 1.21 bits per heavy atom. The molecule has 0 radical (unpaired) electrons. The fourth-order valence-corrected chi connectivity index (χ4v) is 1.51.